The van der Waals surface area contributed by atoms with Crippen LogP contribution in [0.1, 0.15) is 44.9 Å². The number of halogens is 3. The van der Waals surface area contributed by atoms with E-state index in [0.29, 0.717) is 12.5 Å². The maximum Gasteiger partial charge on any atom is 0.389 e. The van der Waals surface area contributed by atoms with E-state index in [1.165, 1.54) is 12.8 Å². The molecule has 8 heteroatoms. The van der Waals surface area contributed by atoms with Gasteiger partial charge >= 0.3 is 6.18 Å². The van der Waals surface area contributed by atoms with Gasteiger partial charge in [-0.1, -0.05) is 0 Å². The van der Waals surface area contributed by atoms with Crippen molar-refractivity contribution in [1.29, 1.82) is 0 Å². The Bertz CT molecular complexity index is 367. The Morgan fingerprint density at radius 3 is 2.25 bits per heavy atom. The summed E-state index contributed by atoms with van der Waals surface area (Å²) in [4.78, 5) is 0. The molecule has 120 valence electrons. The molecule has 0 aromatic rings. The van der Waals surface area contributed by atoms with Gasteiger partial charge in [-0.3, -0.25) is 0 Å². The van der Waals surface area contributed by atoms with Crippen molar-refractivity contribution in [2.24, 2.45) is 0 Å². The molecule has 1 aliphatic rings. The van der Waals surface area contributed by atoms with E-state index in [9.17, 15) is 21.6 Å². The molecule has 0 aromatic heterocycles. The van der Waals surface area contributed by atoms with E-state index in [0.717, 1.165) is 13.0 Å². The predicted molar refractivity (Wildman–Crippen MR) is 72.0 cm³/mol. The molecule has 0 unspecified atom stereocenters. The third-order valence-corrected chi connectivity index (χ3v) is 4.53. The number of unbranched alkanes of at least 4 members (excludes halogenated alkanes) is 2. The number of sulfonamides is 1. The molecule has 1 saturated carbocycles. The standard InChI is InChI=1S/C12H23F3N2O2S/c13-12(14,15)7-1-2-9-17-20(18,19)10-4-3-8-16-11-5-6-11/h11,16-17H,1-10H2. The Morgan fingerprint density at radius 1 is 1.00 bits per heavy atom. The fourth-order valence-electron chi connectivity index (χ4n) is 1.76. The van der Waals surface area contributed by atoms with E-state index >= 15 is 0 Å². The van der Waals surface area contributed by atoms with Crippen LogP contribution in [0, 0.1) is 0 Å². The Kier molecular flexibility index (Phi) is 7.25. The van der Waals surface area contributed by atoms with Gasteiger partial charge in [0.25, 0.3) is 0 Å². The van der Waals surface area contributed by atoms with Crippen LogP contribution in [-0.2, 0) is 10.0 Å². The molecule has 0 bridgehead atoms. The highest BCUT2D eigenvalue weighted by molar-refractivity contribution is 7.89. The van der Waals surface area contributed by atoms with Crippen molar-refractivity contribution in [3.63, 3.8) is 0 Å². The number of hydrogen-bond donors (Lipinski definition) is 2. The summed E-state index contributed by atoms with van der Waals surface area (Å²) in [6.07, 6.45) is -1.08. The van der Waals surface area contributed by atoms with Crippen LogP contribution in [0.4, 0.5) is 13.2 Å². The summed E-state index contributed by atoms with van der Waals surface area (Å²) in [5.74, 6) is 0.0403. The van der Waals surface area contributed by atoms with Crippen molar-refractivity contribution in [3.8, 4) is 0 Å². The normalized spacial score (nSPS) is 16.6. The number of nitrogens with one attached hydrogen (secondary N) is 2. The second-order valence-corrected chi connectivity index (χ2v) is 7.15. The average molecular weight is 316 g/mol. The highest BCUT2D eigenvalue weighted by Crippen LogP contribution is 2.21. The van der Waals surface area contributed by atoms with Gasteiger partial charge in [-0.05, 0) is 45.1 Å². The zero-order valence-corrected chi connectivity index (χ0v) is 12.3. The quantitative estimate of drug-likeness (QED) is 0.574. The lowest BCUT2D eigenvalue weighted by molar-refractivity contribution is -0.135. The first-order valence-electron chi connectivity index (χ1n) is 7.06. The van der Waals surface area contributed by atoms with Crippen LogP contribution in [0.25, 0.3) is 0 Å². The molecule has 2 N–H and O–H groups in total. The van der Waals surface area contributed by atoms with Crippen LogP contribution in [0.15, 0.2) is 0 Å². The first kappa shape index (κ1) is 17.7. The molecule has 0 saturated heterocycles. The van der Waals surface area contributed by atoms with Crippen molar-refractivity contribution in [1.82, 2.24) is 10.0 Å². The highest BCUT2D eigenvalue weighted by atomic mass is 32.2. The minimum absolute atomic E-state index is 0.0403. The summed E-state index contributed by atoms with van der Waals surface area (Å²) in [6.45, 7) is 0.907. The van der Waals surface area contributed by atoms with Crippen molar-refractivity contribution in [2.75, 3.05) is 18.8 Å². The van der Waals surface area contributed by atoms with Crippen LogP contribution in [0.5, 0.6) is 0 Å². The molecule has 0 aromatic carbocycles. The lowest BCUT2D eigenvalue weighted by Crippen LogP contribution is -2.28. The van der Waals surface area contributed by atoms with Gasteiger partial charge in [0, 0.05) is 19.0 Å². The largest absolute Gasteiger partial charge is 0.389 e. The third-order valence-electron chi connectivity index (χ3n) is 3.06. The second-order valence-electron chi connectivity index (χ2n) is 5.22. The van der Waals surface area contributed by atoms with E-state index in [1.54, 1.807) is 0 Å². The fraction of sp³-hybridized carbons (Fsp3) is 1.00. The number of alkyl halides is 3. The van der Waals surface area contributed by atoms with Crippen LogP contribution < -0.4 is 10.0 Å². The van der Waals surface area contributed by atoms with Crippen LogP contribution in [-0.4, -0.2) is 39.5 Å². The maximum absolute atomic E-state index is 11.9. The molecule has 0 aliphatic heterocycles. The van der Waals surface area contributed by atoms with E-state index in [2.05, 4.69) is 10.0 Å². The highest BCUT2D eigenvalue weighted by Gasteiger charge is 2.25. The number of rotatable bonds is 11. The van der Waals surface area contributed by atoms with Crippen molar-refractivity contribution in [2.45, 2.75) is 57.2 Å². The molecule has 0 atom stereocenters. The summed E-state index contributed by atoms with van der Waals surface area (Å²) in [5, 5.41) is 3.30. The summed E-state index contributed by atoms with van der Waals surface area (Å²) < 4.78 is 61.1. The molecule has 0 radical (unpaired) electrons. The van der Waals surface area contributed by atoms with Crippen LogP contribution in [0.3, 0.4) is 0 Å². The van der Waals surface area contributed by atoms with E-state index in [-0.39, 0.29) is 25.1 Å². The minimum atomic E-state index is -4.16. The SMILES string of the molecule is O=S(=O)(CCCCNC1CC1)NCCCCC(F)(F)F. The molecule has 0 heterocycles. The van der Waals surface area contributed by atoms with Crippen molar-refractivity contribution >= 4 is 10.0 Å². The van der Waals surface area contributed by atoms with Crippen LogP contribution in [0.2, 0.25) is 0 Å². The Hall–Kier alpha value is -0.340. The second kappa shape index (κ2) is 8.19. The van der Waals surface area contributed by atoms with E-state index in [4.69, 9.17) is 0 Å². The van der Waals surface area contributed by atoms with Gasteiger partial charge in [-0.25, -0.2) is 13.1 Å². The lowest BCUT2D eigenvalue weighted by Gasteiger charge is -2.08. The number of hydrogen-bond acceptors (Lipinski definition) is 3. The molecule has 0 spiro atoms. The zero-order valence-electron chi connectivity index (χ0n) is 11.5. The van der Waals surface area contributed by atoms with Gasteiger partial charge in [0.15, 0.2) is 0 Å². The van der Waals surface area contributed by atoms with Crippen molar-refractivity contribution in [3.05, 3.63) is 0 Å². The lowest BCUT2D eigenvalue weighted by atomic mass is 10.2. The molecule has 0 amide bonds. The topological polar surface area (TPSA) is 58.2 Å². The summed E-state index contributed by atoms with van der Waals surface area (Å²) in [7, 11) is -3.34. The summed E-state index contributed by atoms with van der Waals surface area (Å²) in [6, 6.07) is 0.623. The molecule has 20 heavy (non-hydrogen) atoms. The first-order chi connectivity index (χ1) is 9.29. The first-order valence-corrected chi connectivity index (χ1v) is 8.71. The van der Waals surface area contributed by atoms with E-state index < -0.39 is 22.6 Å². The average Bonchev–Trinajstić information content (AvgIpc) is 3.10. The maximum atomic E-state index is 11.9. The van der Waals surface area contributed by atoms with Gasteiger partial charge < -0.3 is 5.32 Å². The molecule has 1 rings (SSSR count). The molecular formula is C12H23F3N2O2S. The van der Waals surface area contributed by atoms with Gasteiger partial charge in [-0.15, -0.1) is 0 Å². The Morgan fingerprint density at radius 2 is 1.65 bits per heavy atom. The summed E-state index contributed by atoms with van der Waals surface area (Å²) in [5.41, 5.74) is 0. The van der Waals surface area contributed by atoms with Gasteiger partial charge in [-0.2, -0.15) is 13.2 Å². The third kappa shape index (κ3) is 10.4. The summed E-state index contributed by atoms with van der Waals surface area (Å²) >= 11 is 0. The minimum Gasteiger partial charge on any atom is -0.314 e. The van der Waals surface area contributed by atoms with Gasteiger partial charge in [0.2, 0.25) is 10.0 Å². The molecule has 4 nitrogen and oxygen atoms in total. The molecule has 1 aliphatic carbocycles. The zero-order chi connectivity index (χ0) is 15.1. The van der Waals surface area contributed by atoms with Gasteiger partial charge in [0.1, 0.15) is 0 Å². The fourth-order valence-corrected chi connectivity index (χ4v) is 2.94. The smallest absolute Gasteiger partial charge is 0.314 e. The predicted octanol–water partition coefficient (Wildman–Crippen LogP) is 2.17. The molecule has 1 fully saturated rings. The van der Waals surface area contributed by atoms with Crippen LogP contribution >= 0.6 is 0 Å². The Balaban J connectivity index is 1.96. The monoisotopic (exact) mass is 316 g/mol. The van der Waals surface area contributed by atoms with Gasteiger partial charge in [0.05, 0.1) is 5.75 Å². The molecular weight excluding hydrogens is 293 g/mol. The Labute approximate surface area is 118 Å². The van der Waals surface area contributed by atoms with Crippen molar-refractivity contribution < 1.29 is 21.6 Å². The van der Waals surface area contributed by atoms with E-state index in [1.807, 2.05) is 0 Å².